The summed E-state index contributed by atoms with van der Waals surface area (Å²) in [6.07, 6.45) is 3.09. The number of hydrogen-bond donors (Lipinski definition) is 1. The van der Waals surface area contributed by atoms with Crippen LogP contribution in [0.4, 0.5) is 0 Å². The first-order valence-corrected chi connectivity index (χ1v) is 3.98. The van der Waals surface area contributed by atoms with Gasteiger partial charge in [0.25, 0.3) is 0 Å². The Morgan fingerprint density at radius 1 is 1.75 bits per heavy atom. The molecule has 0 aliphatic carbocycles. The molecule has 0 aliphatic heterocycles. The Kier molecular flexibility index (Phi) is 4.98. The zero-order valence-corrected chi connectivity index (χ0v) is 7.55. The summed E-state index contributed by atoms with van der Waals surface area (Å²) in [5, 5.41) is 8.92. The van der Waals surface area contributed by atoms with Gasteiger partial charge in [0.05, 0.1) is 0 Å². The number of thioether (sulfide) groups is 1. The molecular weight excluding hydrogens is 171 g/mol. The van der Waals surface area contributed by atoms with Crippen molar-refractivity contribution >= 4 is 17.7 Å². The fourth-order valence-corrected chi connectivity index (χ4v) is 0.854. The maximum absolute atomic E-state index is 10.3. The normalized spacial score (nSPS) is 8.75. The number of hydrogen-bond acceptors (Lipinski definition) is 4. The topological polar surface area (TPSA) is 63.1 Å². The molecular formula is C6H5LiN2O2S. The Morgan fingerprint density at radius 2 is 2.42 bits per heavy atom. The zero-order chi connectivity index (χ0) is 8.27. The molecule has 0 spiro atoms. The van der Waals surface area contributed by atoms with E-state index >= 15 is 0 Å². The predicted octanol–water partition coefficient (Wildman–Crippen LogP) is -2.30. The van der Waals surface area contributed by atoms with Gasteiger partial charge in [0.1, 0.15) is 0 Å². The number of carboxylic acid groups (broad SMARTS) is 1. The molecule has 0 aromatic carbocycles. The van der Waals surface area contributed by atoms with Crippen molar-refractivity contribution in [3.63, 3.8) is 0 Å². The van der Waals surface area contributed by atoms with Crippen LogP contribution in [0.1, 0.15) is 10.5 Å². The molecule has 4 nitrogen and oxygen atoms in total. The fourth-order valence-electron chi connectivity index (χ4n) is 0.513. The van der Waals surface area contributed by atoms with Gasteiger partial charge < -0.3 is 9.90 Å². The van der Waals surface area contributed by atoms with Gasteiger partial charge in [-0.2, -0.15) is 6.07 Å². The van der Waals surface area contributed by atoms with E-state index in [0.29, 0.717) is 5.16 Å². The van der Waals surface area contributed by atoms with Crippen molar-refractivity contribution in [1.29, 1.82) is 0 Å². The van der Waals surface area contributed by atoms with Crippen molar-refractivity contribution in [2.45, 2.75) is 5.16 Å². The fraction of sp³-hybridized carbons (Fsp3) is 0.167. The molecule has 1 N–H and O–H groups in total. The van der Waals surface area contributed by atoms with Gasteiger partial charge in [-0.3, -0.25) is 9.97 Å². The van der Waals surface area contributed by atoms with Crippen molar-refractivity contribution in [3.8, 4) is 0 Å². The molecule has 0 amide bonds. The van der Waals surface area contributed by atoms with E-state index in [2.05, 4.69) is 16.0 Å². The second-order valence-electron chi connectivity index (χ2n) is 1.65. The van der Waals surface area contributed by atoms with Crippen molar-refractivity contribution < 1.29 is 28.8 Å². The molecule has 0 radical (unpaired) electrons. The van der Waals surface area contributed by atoms with Gasteiger partial charge in [-0.15, -0.1) is 0 Å². The van der Waals surface area contributed by atoms with Gasteiger partial charge in [-0.1, -0.05) is 18.0 Å². The van der Waals surface area contributed by atoms with E-state index in [1.54, 1.807) is 6.26 Å². The minimum absolute atomic E-state index is 0. The molecule has 58 valence electrons. The summed E-state index contributed by atoms with van der Waals surface area (Å²) in [5.41, 5.74) is -0.0932. The molecule has 0 atom stereocenters. The first-order chi connectivity index (χ1) is 5.24. The van der Waals surface area contributed by atoms with Crippen LogP contribution in [0.25, 0.3) is 0 Å². The van der Waals surface area contributed by atoms with Crippen LogP contribution in [-0.2, 0) is 0 Å². The monoisotopic (exact) mass is 176 g/mol. The number of nitrogens with zero attached hydrogens (tertiary/aromatic N) is 2. The summed E-state index contributed by atoms with van der Waals surface area (Å²) in [4.78, 5) is 17.8. The van der Waals surface area contributed by atoms with E-state index in [-0.39, 0.29) is 24.6 Å². The van der Waals surface area contributed by atoms with Gasteiger partial charge in [-0.25, -0.2) is 0 Å². The van der Waals surface area contributed by atoms with Crippen LogP contribution in [0, 0.1) is 6.07 Å². The molecule has 0 fully saturated rings. The first kappa shape index (κ1) is 11.5. The van der Waals surface area contributed by atoms with Crippen LogP contribution in [-0.4, -0.2) is 27.3 Å². The third-order valence-corrected chi connectivity index (χ3v) is 1.53. The summed E-state index contributed by atoms with van der Waals surface area (Å²) in [6, 6.07) is 2.41. The Labute approximate surface area is 86.0 Å². The van der Waals surface area contributed by atoms with Crippen LogP contribution in [0.3, 0.4) is 0 Å². The van der Waals surface area contributed by atoms with Gasteiger partial charge in [-0.05, 0) is 11.9 Å². The molecule has 1 aromatic rings. The zero-order valence-electron chi connectivity index (χ0n) is 6.74. The van der Waals surface area contributed by atoms with Crippen LogP contribution >= 0.6 is 11.8 Å². The van der Waals surface area contributed by atoms with Crippen LogP contribution < -0.4 is 18.9 Å². The average Bonchev–Trinajstić information content (AvgIpc) is 2.05. The van der Waals surface area contributed by atoms with Crippen molar-refractivity contribution in [2.75, 3.05) is 6.26 Å². The standard InChI is InChI=1S/C6H5N2O2S.Li/c1-11-6-7-3-2-4(8-6)5(9)10;/h3H,1H3,(H,9,10);/q-1;+1. The van der Waals surface area contributed by atoms with Crippen LogP contribution in [0.15, 0.2) is 11.4 Å². The minimum atomic E-state index is -1.08. The molecule has 0 aliphatic rings. The van der Waals surface area contributed by atoms with E-state index in [9.17, 15) is 4.79 Å². The largest absolute Gasteiger partial charge is 1.00 e. The second kappa shape index (κ2) is 5.20. The van der Waals surface area contributed by atoms with Crippen molar-refractivity contribution in [1.82, 2.24) is 9.97 Å². The Balaban J connectivity index is 0.00000121. The second-order valence-corrected chi connectivity index (χ2v) is 2.43. The van der Waals surface area contributed by atoms with Gasteiger partial charge >= 0.3 is 18.9 Å². The molecule has 0 unspecified atom stereocenters. The molecule has 0 saturated heterocycles. The molecule has 1 aromatic heterocycles. The smallest absolute Gasteiger partial charge is 0.561 e. The van der Waals surface area contributed by atoms with Gasteiger partial charge in [0.15, 0.2) is 11.1 Å². The SMILES string of the molecule is CSc1nc[c-]c(C(=O)O)n1.[Li+]. The van der Waals surface area contributed by atoms with E-state index in [1.807, 2.05) is 0 Å². The molecule has 12 heavy (non-hydrogen) atoms. The maximum Gasteiger partial charge on any atom is 1.00 e. The van der Waals surface area contributed by atoms with E-state index in [4.69, 9.17) is 5.11 Å². The molecule has 6 heteroatoms. The molecule has 1 rings (SSSR count). The average molecular weight is 176 g/mol. The van der Waals surface area contributed by atoms with Crippen molar-refractivity contribution in [2.24, 2.45) is 0 Å². The molecule has 1 heterocycles. The minimum Gasteiger partial charge on any atom is -0.561 e. The Hall–Kier alpha value is -0.503. The van der Waals surface area contributed by atoms with Crippen LogP contribution in [0.2, 0.25) is 0 Å². The summed E-state index contributed by atoms with van der Waals surface area (Å²) < 4.78 is 0. The first-order valence-electron chi connectivity index (χ1n) is 2.76. The third-order valence-electron chi connectivity index (χ3n) is 0.969. The van der Waals surface area contributed by atoms with E-state index in [0.717, 1.165) is 0 Å². The molecule has 0 bridgehead atoms. The van der Waals surface area contributed by atoms with Gasteiger partial charge in [0.2, 0.25) is 0 Å². The number of rotatable bonds is 2. The number of carbonyl (C=O) groups is 1. The number of aromatic carboxylic acids is 1. The number of carboxylic acids is 1. The van der Waals surface area contributed by atoms with Gasteiger partial charge in [0, 0.05) is 0 Å². The van der Waals surface area contributed by atoms with E-state index in [1.165, 1.54) is 18.0 Å². The quantitative estimate of drug-likeness (QED) is 0.237. The van der Waals surface area contributed by atoms with E-state index < -0.39 is 5.97 Å². The Bertz CT molecular complexity index is 282. The summed E-state index contributed by atoms with van der Waals surface area (Å²) in [6.45, 7) is 0. The Morgan fingerprint density at radius 3 is 2.92 bits per heavy atom. The van der Waals surface area contributed by atoms with Crippen LogP contribution in [0.5, 0.6) is 0 Å². The third kappa shape index (κ3) is 2.86. The summed E-state index contributed by atoms with van der Waals surface area (Å²) in [5.74, 6) is -1.08. The summed E-state index contributed by atoms with van der Waals surface area (Å²) in [7, 11) is 0. The number of aromatic nitrogens is 2. The summed E-state index contributed by atoms with van der Waals surface area (Å²) >= 11 is 1.29. The molecule has 0 saturated carbocycles. The van der Waals surface area contributed by atoms with Crippen molar-refractivity contribution in [3.05, 3.63) is 18.0 Å². The predicted molar refractivity (Wildman–Crippen MR) is 39.6 cm³/mol. The maximum atomic E-state index is 10.3.